The number of aliphatic hydroxyl groups is 1. The number of hydrogen-bond donors (Lipinski definition) is 4. The van der Waals surface area contributed by atoms with Gasteiger partial charge in [-0.05, 0) is 63.1 Å². The van der Waals surface area contributed by atoms with Crippen molar-refractivity contribution in [3.8, 4) is 5.75 Å². The van der Waals surface area contributed by atoms with Gasteiger partial charge >= 0.3 is 0 Å². The van der Waals surface area contributed by atoms with Crippen LogP contribution in [-0.2, 0) is 16.4 Å². The summed E-state index contributed by atoms with van der Waals surface area (Å²) >= 11 is 0. The summed E-state index contributed by atoms with van der Waals surface area (Å²) in [5.41, 5.74) is 0.356. The second-order valence-corrected chi connectivity index (χ2v) is 10.9. The third-order valence-corrected chi connectivity index (χ3v) is 7.49. The van der Waals surface area contributed by atoms with Crippen LogP contribution in [0.3, 0.4) is 0 Å². The molecule has 0 unspecified atom stereocenters. The van der Waals surface area contributed by atoms with E-state index in [4.69, 9.17) is 4.74 Å². The van der Waals surface area contributed by atoms with Crippen LogP contribution in [-0.4, -0.2) is 41.1 Å². The Labute approximate surface area is 208 Å². The van der Waals surface area contributed by atoms with Crippen molar-refractivity contribution in [1.29, 1.82) is 0 Å². The van der Waals surface area contributed by atoms with Crippen molar-refractivity contribution in [3.63, 3.8) is 0 Å². The number of aromatic amines is 1. The van der Waals surface area contributed by atoms with E-state index in [1.54, 1.807) is 39.0 Å². The second kappa shape index (κ2) is 9.49. The topological polar surface area (TPSA) is 150 Å². The molecule has 0 saturated heterocycles. The van der Waals surface area contributed by atoms with Crippen LogP contribution in [0.25, 0.3) is 0 Å². The quantitative estimate of drug-likeness (QED) is 0.396. The van der Waals surface area contributed by atoms with E-state index in [0.717, 1.165) is 12.0 Å². The number of carbonyl (C=O) groups is 1. The highest BCUT2D eigenvalue weighted by molar-refractivity contribution is 7.89. The Kier molecular flexibility index (Phi) is 6.74. The molecule has 2 atom stereocenters. The first-order valence-electron chi connectivity index (χ1n) is 11.4. The molecule has 3 aromatic rings. The molecule has 0 bridgehead atoms. The molecule has 0 spiro atoms. The number of fused-ring (bicyclic) bond motifs is 1. The number of ether oxygens (including phenoxy) is 1. The fraction of sp³-hybridized carbons (Fsp3) is 0.320. The van der Waals surface area contributed by atoms with Gasteiger partial charge in [0.2, 0.25) is 16.0 Å². The van der Waals surface area contributed by atoms with E-state index >= 15 is 0 Å². The zero-order chi connectivity index (χ0) is 26.3. The third kappa shape index (κ3) is 5.18. The maximum absolute atomic E-state index is 13.2. The van der Waals surface area contributed by atoms with Crippen LogP contribution >= 0.6 is 0 Å². The molecule has 2 heterocycles. The summed E-state index contributed by atoms with van der Waals surface area (Å²) in [7, 11) is -4.02. The van der Waals surface area contributed by atoms with Gasteiger partial charge in [0, 0.05) is 22.9 Å². The van der Waals surface area contributed by atoms with Gasteiger partial charge in [-0.15, -0.1) is 0 Å². The number of H-pyrrole nitrogens is 1. The van der Waals surface area contributed by atoms with Gasteiger partial charge in [-0.25, -0.2) is 18.1 Å². The van der Waals surface area contributed by atoms with Gasteiger partial charge in [-0.2, -0.15) is 0 Å². The predicted octanol–water partition coefficient (Wildman–Crippen LogP) is 2.44. The molecule has 11 heteroatoms. The van der Waals surface area contributed by atoms with Crippen LogP contribution in [0, 0.1) is 6.92 Å². The molecule has 0 fully saturated rings. The van der Waals surface area contributed by atoms with E-state index in [9.17, 15) is 23.1 Å². The van der Waals surface area contributed by atoms with Crippen molar-refractivity contribution in [2.24, 2.45) is 0 Å². The lowest BCUT2D eigenvalue weighted by Gasteiger charge is -2.42. The molecule has 1 aliphatic rings. The SMILES string of the molecule is CCc1ccc(S(=O)(=O)N[C@@H]2c3cc(C(=O)Nc4nc(C)cc(=O)[nH]4)ccc3OC(C)(C)[C@H]2O)cc1. The average Bonchev–Trinajstić information content (AvgIpc) is 2.81. The third-order valence-electron chi connectivity index (χ3n) is 6.03. The molecule has 0 aliphatic carbocycles. The maximum atomic E-state index is 13.2. The van der Waals surface area contributed by atoms with Gasteiger partial charge in [0.1, 0.15) is 17.5 Å². The summed E-state index contributed by atoms with van der Waals surface area (Å²) in [5, 5.41) is 13.6. The van der Waals surface area contributed by atoms with Crippen molar-refractivity contribution < 1.29 is 23.1 Å². The number of aromatic nitrogens is 2. The summed E-state index contributed by atoms with van der Waals surface area (Å²) in [6.07, 6.45) is -0.493. The average molecular weight is 513 g/mol. The Morgan fingerprint density at radius 3 is 2.50 bits per heavy atom. The highest BCUT2D eigenvalue weighted by atomic mass is 32.2. The largest absolute Gasteiger partial charge is 0.485 e. The lowest BCUT2D eigenvalue weighted by molar-refractivity contribution is -0.0603. The fourth-order valence-corrected chi connectivity index (χ4v) is 5.25. The number of rotatable bonds is 6. The number of sulfonamides is 1. The fourth-order valence-electron chi connectivity index (χ4n) is 4.03. The molecular weight excluding hydrogens is 484 g/mol. The molecule has 36 heavy (non-hydrogen) atoms. The minimum Gasteiger partial charge on any atom is -0.485 e. The smallest absolute Gasteiger partial charge is 0.257 e. The summed E-state index contributed by atoms with van der Waals surface area (Å²) in [4.78, 5) is 31.2. The Bertz CT molecular complexity index is 1460. The standard InChI is InChI=1S/C25H28N4O6S/c1-5-15-6-9-17(10-7-15)36(33,34)29-21-18-13-16(8-11-19(18)35-25(3,4)22(21)31)23(32)28-24-26-14(2)12-20(30)27-24/h6-13,21-22,29,31H,5H2,1-4H3,(H2,26,27,28,30,32)/t21-,22+/m1/s1. The van der Waals surface area contributed by atoms with Gasteiger partial charge in [0.25, 0.3) is 11.5 Å². The van der Waals surface area contributed by atoms with Crippen molar-refractivity contribution in [2.75, 3.05) is 5.32 Å². The Morgan fingerprint density at radius 2 is 1.86 bits per heavy atom. The van der Waals surface area contributed by atoms with E-state index in [0.29, 0.717) is 17.0 Å². The number of nitrogens with one attached hydrogen (secondary N) is 3. The van der Waals surface area contributed by atoms with Crippen LogP contribution in [0.1, 0.15) is 54.0 Å². The van der Waals surface area contributed by atoms with E-state index in [1.165, 1.54) is 30.3 Å². The molecule has 10 nitrogen and oxygen atoms in total. The Morgan fingerprint density at radius 1 is 1.17 bits per heavy atom. The van der Waals surface area contributed by atoms with Crippen LogP contribution in [0.5, 0.6) is 5.75 Å². The second-order valence-electron chi connectivity index (χ2n) is 9.19. The summed E-state index contributed by atoms with van der Waals surface area (Å²) in [5.74, 6) is -0.270. The number of hydrogen-bond acceptors (Lipinski definition) is 7. The molecule has 1 aliphatic heterocycles. The summed E-state index contributed by atoms with van der Waals surface area (Å²) < 4.78 is 34.9. The Hall–Kier alpha value is -3.54. The first-order chi connectivity index (χ1) is 16.9. The zero-order valence-electron chi connectivity index (χ0n) is 20.3. The van der Waals surface area contributed by atoms with Crippen molar-refractivity contribution in [1.82, 2.24) is 14.7 Å². The van der Waals surface area contributed by atoms with Crippen LogP contribution < -0.4 is 20.3 Å². The normalized spacial score (nSPS) is 18.7. The molecule has 0 radical (unpaired) electrons. The number of benzene rings is 2. The number of carbonyl (C=O) groups excluding carboxylic acids is 1. The lowest BCUT2D eigenvalue weighted by atomic mass is 9.86. The maximum Gasteiger partial charge on any atom is 0.257 e. The molecule has 190 valence electrons. The van der Waals surface area contributed by atoms with Crippen LogP contribution in [0.15, 0.2) is 58.2 Å². The summed E-state index contributed by atoms with van der Waals surface area (Å²) in [6.45, 7) is 6.90. The molecular formula is C25H28N4O6S. The van der Waals surface area contributed by atoms with Crippen LogP contribution in [0.2, 0.25) is 0 Å². The van der Waals surface area contributed by atoms with Crippen molar-refractivity contribution >= 4 is 21.9 Å². The first kappa shape index (κ1) is 25.5. The number of aliphatic hydroxyl groups excluding tert-OH is 1. The van der Waals surface area contributed by atoms with Crippen LogP contribution in [0.4, 0.5) is 5.95 Å². The minimum atomic E-state index is -4.02. The number of nitrogens with zero attached hydrogens (tertiary/aromatic N) is 1. The number of aryl methyl sites for hydroxylation is 2. The number of amides is 1. The van der Waals surface area contributed by atoms with Gasteiger partial charge in [-0.1, -0.05) is 19.1 Å². The zero-order valence-corrected chi connectivity index (χ0v) is 21.1. The Balaban J connectivity index is 1.69. The molecule has 1 aromatic heterocycles. The highest BCUT2D eigenvalue weighted by Gasteiger charge is 2.44. The van der Waals surface area contributed by atoms with E-state index < -0.39 is 39.2 Å². The van der Waals surface area contributed by atoms with E-state index in [-0.39, 0.29) is 16.4 Å². The van der Waals surface area contributed by atoms with Crippen molar-refractivity contribution in [2.45, 2.75) is 56.8 Å². The van der Waals surface area contributed by atoms with Gasteiger partial charge in [0.05, 0.1) is 10.9 Å². The van der Waals surface area contributed by atoms with E-state index in [2.05, 4.69) is 20.0 Å². The molecule has 4 N–H and O–H groups in total. The van der Waals surface area contributed by atoms with E-state index in [1.807, 2.05) is 6.92 Å². The highest BCUT2D eigenvalue weighted by Crippen LogP contribution is 2.41. The van der Waals surface area contributed by atoms with Gasteiger partial charge in [0.15, 0.2) is 0 Å². The molecule has 0 saturated carbocycles. The minimum absolute atomic E-state index is 0.0204. The van der Waals surface area contributed by atoms with Crippen molar-refractivity contribution in [3.05, 3.63) is 81.3 Å². The van der Waals surface area contributed by atoms with Gasteiger partial charge < -0.3 is 9.84 Å². The lowest BCUT2D eigenvalue weighted by Crippen LogP contribution is -2.53. The molecule has 4 rings (SSSR count). The predicted molar refractivity (Wildman–Crippen MR) is 134 cm³/mol. The number of anilines is 1. The molecule has 2 aromatic carbocycles. The first-order valence-corrected chi connectivity index (χ1v) is 12.9. The summed E-state index contributed by atoms with van der Waals surface area (Å²) in [6, 6.07) is 11.2. The van der Waals surface area contributed by atoms with Gasteiger partial charge in [-0.3, -0.25) is 19.9 Å². The monoisotopic (exact) mass is 512 g/mol. The molecule has 1 amide bonds.